The van der Waals surface area contributed by atoms with E-state index in [4.69, 9.17) is 5.73 Å². The molecule has 0 aliphatic heterocycles. The van der Waals surface area contributed by atoms with Crippen molar-refractivity contribution in [3.8, 4) is 0 Å². The minimum atomic E-state index is -1.24. The first-order valence-electron chi connectivity index (χ1n) is 11.0. The lowest BCUT2D eigenvalue weighted by Crippen LogP contribution is -2.59. The number of thiol groups is 1. The van der Waals surface area contributed by atoms with Crippen molar-refractivity contribution in [2.75, 3.05) is 5.75 Å². The van der Waals surface area contributed by atoms with E-state index in [2.05, 4.69) is 38.5 Å². The van der Waals surface area contributed by atoms with Crippen LogP contribution < -0.4 is 21.7 Å². The standard InChI is InChI=1S/C21H36N6O5S/c1-5-11(3)16(22)19(29)27-17(12(4)6-2)20(30)25-14(7-13-8-23-10-24-13)18(28)26-15(9-33)21(31)32/h8,10-12,14-17,33H,5-7,9,22H2,1-4H3,(H,23,24)(H,25,30)(H,26,28)(H,27,29)(H,31,32). The molecule has 0 aliphatic carbocycles. The average molecular weight is 485 g/mol. The van der Waals surface area contributed by atoms with Crippen LogP contribution in [0.2, 0.25) is 0 Å². The summed E-state index contributed by atoms with van der Waals surface area (Å²) in [7, 11) is 0. The van der Waals surface area contributed by atoms with Crippen molar-refractivity contribution in [1.82, 2.24) is 25.9 Å². The molecule has 1 aromatic heterocycles. The number of aliphatic carboxylic acids is 1. The molecule has 3 amide bonds. The summed E-state index contributed by atoms with van der Waals surface area (Å²) in [6, 6.07) is -4.02. The van der Waals surface area contributed by atoms with Gasteiger partial charge in [0, 0.05) is 24.1 Å². The first-order valence-corrected chi connectivity index (χ1v) is 11.7. The van der Waals surface area contributed by atoms with E-state index in [9.17, 15) is 24.3 Å². The number of aromatic nitrogens is 2. The molecule has 6 unspecified atom stereocenters. The van der Waals surface area contributed by atoms with E-state index >= 15 is 0 Å². The van der Waals surface area contributed by atoms with Gasteiger partial charge in [0.25, 0.3) is 0 Å². The van der Waals surface area contributed by atoms with Crippen LogP contribution in [0.1, 0.15) is 46.2 Å². The van der Waals surface area contributed by atoms with Gasteiger partial charge in [0.15, 0.2) is 0 Å². The van der Waals surface area contributed by atoms with Gasteiger partial charge >= 0.3 is 5.97 Å². The summed E-state index contributed by atoms with van der Waals surface area (Å²) >= 11 is 3.95. The molecule has 186 valence electrons. The Labute approximate surface area is 199 Å². The van der Waals surface area contributed by atoms with Crippen molar-refractivity contribution in [3.05, 3.63) is 18.2 Å². The zero-order chi connectivity index (χ0) is 25.1. The number of nitrogens with zero attached hydrogens (tertiary/aromatic N) is 1. The Morgan fingerprint density at radius 3 is 2.12 bits per heavy atom. The second kappa shape index (κ2) is 13.8. The average Bonchev–Trinajstić information content (AvgIpc) is 3.31. The monoisotopic (exact) mass is 484 g/mol. The van der Waals surface area contributed by atoms with Crippen LogP contribution in [0.15, 0.2) is 12.5 Å². The van der Waals surface area contributed by atoms with E-state index in [0.717, 1.165) is 0 Å². The van der Waals surface area contributed by atoms with E-state index in [0.29, 0.717) is 18.5 Å². The number of carbonyl (C=O) groups is 4. The summed E-state index contributed by atoms with van der Waals surface area (Å²) in [5.74, 6) is -3.37. The summed E-state index contributed by atoms with van der Waals surface area (Å²) in [6.45, 7) is 7.47. The van der Waals surface area contributed by atoms with Crippen LogP contribution in [0.4, 0.5) is 0 Å². The minimum absolute atomic E-state index is 0.0457. The molecule has 0 spiro atoms. The van der Waals surface area contributed by atoms with Crippen molar-refractivity contribution in [2.45, 2.75) is 71.1 Å². The van der Waals surface area contributed by atoms with Gasteiger partial charge in [0.05, 0.1) is 12.4 Å². The number of nitrogens with one attached hydrogen (secondary N) is 4. The molecule has 0 saturated heterocycles. The highest BCUT2D eigenvalue weighted by Gasteiger charge is 2.33. The third kappa shape index (κ3) is 8.69. The number of aromatic amines is 1. The summed E-state index contributed by atoms with van der Waals surface area (Å²) in [5, 5.41) is 17.0. The van der Waals surface area contributed by atoms with Crippen molar-refractivity contribution in [3.63, 3.8) is 0 Å². The molecule has 0 radical (unpaired) electrons. The lowest BCUT2D eigenvalue weighted by Gasteiger charge is -2.28. The number of hydrogen-bond donors (Lipinski definition) is 7. The highest BCUT2D eigenvalue weighted by atomic mass is 32.1. The summed E-state index contributed by atoms with van der Waals surface area (Å²) in [6.07, 6.45) is 4.27. The fourth-order valence-corrected chi connectivity index (χ4v) is 3.26. The van der Waals surface area contributed by atoms with Gasteiger partial charge in [-0.1, -0.05) is 40.5 Å². The fourth-order valence-electron chi connectivity index (χ4n) is 3.01. The van der Waals surface area contributed by atoms with Gasteiger partial charge in [-0.2, -0.15) is 12.6 Å². The maximum Gasteiger partial charge on any atom is 0.327 e. The SMILES string of the molecule is CCC(C)C(N)C(=O)NC(C(=O)NC(Cc1cnc[nH]1)C(=O)NC(CS)C(=O)O)C(C)CC. The molecule has 11 nitrogen and oxygen atoms in total. The summed E-state index contributed by atoms with van der Waals surface area (Å²) in [4.78, 5) is 56.7. The first kappa shape index (κ1) is 28.4. The maximum atomic E-state index is 13.2. The second-order valence-electron chi connectivity index (χ2n) is 8.21. The van der Waals surface area contributed by atoms with Gasteiger partial charge in [-0.25, -0.2) is 9.78 Å². The van der Waals surface area contributed by atoms with Crippen molar-refractivity contribution in [2.24, 2.45) is 17.6 Å². The van der Waals surface area contributed by atoms with E-state index in [-0.39, 0.29) is 24.0 Å². The van der Waals surface area contributed by atoms with Crippen LogP contribution in [-0.4, -0.2) is 68.7 Å². The molecular weight excluding hydrogens is 448 g/mol. The van der Waals surface area contributed by atoms with Crippen LogP contribution in [0, 0.1) is 11.8 Å². The van der Waals surface area contributed by atoms with E-state index in [1.807, 2.05) is 27.7 Å². The Bertz CT molecular complexity index is 790. The predicted octanol–water partition coefficient (Wildman–Crippen LogP) is -0.159. The molecular formula is C21H36N6O5S. The number of rotatable bonds is 14. The largest absolute Gasteiger partial charge is 0.480 e. The Balaban J connectivity index is 3.07. The van der Waals surface area contributed by atoms with Crippen LogP contribution >= 0.6 is 12.6 Å². The number of carbonyl (C=O) groups excluding carboxylic acids is 3. The number of carboxylic acids is 1. The second-order valence-corrected chi connectivity index (χ2v) is 8.57. The maximum absolute atomic E-state index is 13.2. The van der Waals surface area contributed by atoms with Crippen molar-refractivity contribution >= 4 is 36.3 Å². The third-order valence-electron chi connectivity index (χ3n) is 5.76. The Hall–Kier alpha value is -2.60. The number of carboxylic acid groups (broad SMARTS) is 1. The molecule has 0 saturated carbocycles. The van der Waals surface area contributed by atoms with Gasteiger partial charge < -0.3 is 31.8 Å². The van der Waals surface area contributed by atoms with Crippen molar-refractivity contribution < 1.29 is 24.3 Å². The Kier molecular flexibility index (Phi) is 11.9. The zero-order valence-corrected chi connectivity index (χ0v) is 20.4. The van der Waals surface area contributed by atoms with E-state index in [1.54, 1.807) is 0 Å². The number of amides is 3. The van der Waals surface area contributed by atoms with Gasteiger partial charge in [-0.3, -0.25) is 14.4 Å². The molecule has 0 fully saturated rings. The molecule has 1 rings (SSSR count). The number of hydrogen-bond acceptors (Lipinski definition) is 7. The lowest BCUT2D eigenvalue weighted by atomic mass is 9.95. The van der Waals surface area contributed by atoms with Gasteiger partial charge in [-0.05, 0) is 11.8 Å². The summed E-state index contributed by atoms with van der Waals surface area (Å²) in [5.41, 5.74) is 6.58. The molecule has 7 N–H and O–H groups in total. The van der Waals surface area contributed by atoms with Crippen LogP contribution in [0.3, 0.4) is 0 Å². The number of nitrogens with two attached hydrogens (primary N) is 1. The number of imidazole rings is 1. The topological polar surface area (TPSA) is 179 Å². The molecule has 6 atom stereocenters. The third-order valence-corrected chi connectivity index (χ3v) is 6.13. The predicted molar refractivity (Wildman–Crippen MR) is 126 cm³/mol. The Morgan fingerprint density at radius 2 is 1.64 bits per heavy atom. The van der Waals surface area contributed by atoms with Gasteiger partial charge in [0.1, 0.15) is 18.1 Å². The molecule has 0 bridgehead atoms. The molecule has 1 aromatic rings. The minimum Gasteiger partial charge on any atom is -0.480 e. The van der Waals surface area contributed by atoms with Crippen LogP contribution in [0.25, 0.3) is 0 Å². The van der Waals surface area contributed by atoms with Gasteiger partial charge in [0.2, 0.25) is 17.7 Å². The molecule has 33 heavy (non-hydrogen) atoms. The van der Waals surface area contributed by atoms with Gasteiger partial charge in [-0.15, -0.1) is 0 Å². The van der Waals surface area contributed by atoms with E-state index < -0.39 is 47.9 Å². The molecule has 0 aliphatic rings. The quantitative estimate of drug-likeness (QED) is 0.179. The van der Waals surface area contributed by atoms with Crippen LogP contribution in [-0.2, 0) is 25.6 Å². The Morgan fingerprint density at radius 1 is 1.03 bits per heavy atom. The highest BCUT2D eigenvalue weighted by molar-refractivity contribution is 7.80. The van der Waals surface area contributed by atoms with Crippen molar-refractivity contribution in [1.29, 1.82) is 0 Å². The molecule has 12 heteroatoms. The van der Waals surface area contributed by atoms with Crippen LogP contribution in [0.5, 0.6) is 0 Å². The fraction of sp³-hybridized carbons (Fsp3) is 0.667. The number of H-pyrrole nitrogens is 1. The smallest absolute Gasteiger partial charge is 0.327 e. The zero-order valence-electron chi connectivity index (χ0n) is 19.5. The highest BCUT2D eigenvalue weighted by Crippen LogP contribution is 2.12. The van der Waals surface area contributed by atoms with E-state index in [1.165, 1.54) is 12.5 Å². The normalized spacial score (nSPS) is 16.5. The molecule has 1 heterocycles. The summed E-state index contributed by atoms with van der Waals surface area (Å²) < 4.78 is 0. The lowest BCUT2D eigenvalue weighted by molar-refractivity contribution is -0.141. The first-order chi connectivity index (χ1) is 15.5. The molecule has 0 aromatic carbocycles.